The number of hydrogen-bond acceptors (Lipinski definition) is 5. The van der Waals surface area contributed by atoms with Crippen LogP contribution < -0.4 is 0 Å². The van der Waals surface area contributed by atoms with Gasteiger partial charge in [0.1, 0.15) is 0 Å². The van der Waals surface area contributed by atoms with Crippen LogP contribution >= 0.6 is 0 Å². The number of benzene rings is 2. The van der Waals surface area contributed by atoms with Crippen LogP contribution in [0, 0.1) is 5.92 Å². The van der Waals surface area contributed by atoms with Gasteiger partial charge in [0, 0.05) is 5.92 Å². The van der Waals surface area contributed by atoms with E-state index >= 15 is 0 Å². The molecule has 1 aliphatic rings. The molecule has 5 nitrogen and oxygen atoms in total. The molecule has 0 aliphatic carbocycles. The molecule has 2 aromatic carbocycles. The fourth-order valence-corrected chi connectivity index (χ4v) is 4.63. The minimum atomic E-state index is -4.93. The van der Waals surface area contributed by atoms with Crippen LogP contribution in [-0.2, 0) is 42.5 Å². The first-order chi connectivity index (χ1) is 16.7. The van der Waals surface area contributed by atoms with E-state index in [1.165, 1.54) is 0 Å². The summed E-state index contributed by atoms with van der Waals surface area (Å²) in [7, 11) is -3.62. The summed E-state index contributed by atoms with van der Waals surface area (Å²) in [5, 5.41) is 0. The summed E-state index contributed by atoms with van der Waals surface area (Å²) in [6.45, 7) is 0.0719. The normalized spacial score (nSPS) is 21.5. The Morgan fingerprint density at radius 2 is 1.56 bits per heavy atom. The highest BCUT2D eigenvalue weighted by Crippen LogP contribution is 2.39. The van der Waals surface area contributed by atoms with Gasteiger partial charge in [-0.25, -0.2) is 0 Å². The Hall–Kier alpha value is -2.15. The lowest BCUT2D eigenvalue weighted by Gasteiger charge is -2.38. The van der Waals surface area contributed by atoms with Gasteiger partial charge in [0.2, 0.25) is 0 Å². The fourth-order valence-electron chi connectivity index (χ4n) is 4.23. The van der Waals surface area contributed by atoms with Gasteiger partial charge in [-0.1, -0.05) is 30.3 Å². The van der Waals surface area contributed by atoms with Crippen molar-refractivity contribution in [3.8, 4) is 0 Å². The Morgan fingerprint density at radius 1 is 0.944 bits per heavy atom. The predicted octanol–water partition coefficient (Wildman–Crippen LogP) is 5.80. The molecule has 1 heterocycles. The quantitative estimate of drug-likeness (QED) is 0.298. The summed E-state index contributed by atoms with van der Waals surface area (Å²) in [5.41, 5.74) is -2.07. The van der Waals surface area contributed by atoms with Gasteiger partial charge >= 0.3 is 12.4 Å². The maximum absolute atomic E-state index is 13.1. The van der Waals surface area contributed by atoms with Crippen molar-refractivity contribution in [2.75, 3.05) is 26.1 Å². The van der Waals surface area contributed by atoms with E-state index < -0.39 is 39.9 Å². The predicted molar refractivity (Wildman–Crippen MR) is 119 cm³/mol. The van der Waals surface area contributed by atoms with E-state index in [1.807, 2.05) is 30.3 Å². The molecule has 12 heteroatoms. The highest BCUT2D eigenvalue weighted by Gasteiger charge is 2.38. The van der Waals surface area contributed by atoms with Crippen molar-refractivity contribution in [1.29, 1.82) is 0 Å². The molecular weight excluding hydrogens is 514 g/mol. The Bertz CT molecular complexity index is 1070. The van der Waals surface area contributed by atoms with E-state index in [4.69, 9.17) is 13.7 Å². The standard InChI is InChI=1S/C24H26F6O5S/c1-36(31,32)35-12-9-18-8-11-34-22(21(18)17-5-3-2-4-6-17)33-10-7-16-13-19(23(25,26)27)15-20(14-16)24(28,29)30/h2-6,13-15,18,21-22H,7-12H2,1H3/t18-,21-,22+/m1/s1. The molecule has 0 N–H and O–H groups in total. The molecule has 200 valence electrons. The summed E-state index contributed by atoms with van der Waals surface area (Å²) in [4.78, 5) is 0. The Kier molecular flexibility index (Phi) is 9.07. The fraction of sp³-hybridized carbons (Fsp3) is 0.500. The van der Waals surface area contributed by atoms with Gasteiger partial charge in [0.15, 0.2) is 6.29 Å². The number of hydrogen-bond donors (Lipinski definition) is 0. The van der Waals surface area contributed by atoms with Crippen LogP contribution in [0.4, 0.5) is 26.3 Å². The molecule has 0 spiro atoms. The minimum Gasteiger partial charge on any atom is -0.352 e. The van der Waals surface area contributed by atoms with Crippen molar-refractivity contribution in [3.05, 3.63) is 70.8 Å². The highest BCUT2D eigenvalue weighted by molar-refractivity contribution is 7.85. The van der Waals surface area contributed by atoms with Gasteiger partial charge in [0.05, 0.1) is 37.2 Å². The molecule has 2 aromatic rings. The topological polar surface area (TPSA) is 61.8 Å². The molecule has 1 saturated heterocycles. The SMILES string of the molecule is CS(=O)(=O)OCC[C@H]1CCO[C@H](OCCc2cc(C(F)(F)F)cc(C(F)(F)F)c2)[C@@H]1c1ccccc1. The zero-order valence-corrected chi connectivity index (χ0v) is 20.1. The second-order valence-electron chi connectivity index (χ2n) is 8.57. The van der Waals surface area contributed by atoms with Crippen molar-refractivity contribution in [1.82, 2.24) is 0 Å². The van der Waals surface area contributed by atoms with Crippen LogP contribution in [0.25, 0.3) is 0 Å². The van der Waals surface area contributed by atoms with Crippen LogP contribution in [0.5, 0.6) is 0 Å². The zero-order valence-electron chi connectivity index (χ0n) is 19.3. The van der Waals surface area contributed by atoms with Gasteiger partial charge < -0.3 is 9.47 Å². The second kappa shape index (κ2) is 11.5. The van der Waals surface area contributed by atoms with E-state index in [1.54, 1.807) is 0 Å². The van der Waals surface area contributed by atoms with Crippen molar-refractivity contribution in [2.45, 2.75) is 43.8 Å². The summed E-state index contributed by atoms with van der Waals surface area (Å²) in [6, 6.07) is 10.6. The third kappa shape index (κ3) is 8.19. The molecule has 0 radical (unpaired) electrons. The smallest absolute Gasteiger partial charge is 0.352 e. The Balaban J connectivity index is 1.75. The average molecular weight is 541 g/mol. The van der Waals surface area contributed by atoms with Crippen LogP contribution in [0.15, 0.2) is 48.5 Å². The van der Waals surface area contributed by atoms with Gasteiger partial charge in [-0.15, -0.1) is 0 Å². The van der Waals surface area contributed by atoms with E-state index in [-0.39, 0.29) is 43.1 Å². The summed E-state index contributed by atoms with van der Waals surface area (Å²) in [6.07, 6.45) is -8.94. The number of ether oxygens (including phenoxy) is 2. The van der Waals surface area contributed by atoms with Crippen molar-refractivity contribution >= 4 is 10.1 Å². The molecule has 0 amide bonds. The molecule has 3 atom stereocenters. The summed E-state index contributed by atoms with van der Waals surface area (Å²) >= 11 is 0. The maximum Gasteiger partial charge on any atom is 0.416 e. The van der Waals surface area contributed by atoms with E-state index in [9.17, 15) is 34.8 Å². The van der Waals surface area contributed by atoms with Gasteiger partial charge in [-0.2, -0.15) is 34.8 Å². The van der Waals surface area contributed by atoms with E-state index in [0.717, 1.165) is 11.8 Å². The lowest BCUT2D eigenvalue weighted by Crippen LogP contribution is -2.37. The Morgan fingerprint density at radius 3 is 2.11 bits per heavy atom. The molecule has 36 heavy (non-hydrogen) atoms. The molecule has 0 saturated carbocycles. The first-order valence-electron chi connectivity index (χ1n) is 11.1. The Labute approximate surface area is 205 Å². The number of rotatable bonds is 9. The van der Waals surface area contributed by atoms with Gasteiger partial charge in [-0.3, -0.25) is 4.18 Å². The van der Waals surface area contributed by atoms with Crippen LogP contribution in [0.1, 0.15) is 41.0 Å². The lowest BCUT2D eigenvalue weighted by atomic mass is 9.80. The van der Waals surface area contributed by atoms with Crippen LogP contribution in [0.3, 0.4) is 0 Å². The zero-order chi connectivity index (χ0) is 26.6. The first kappa shape index (κ1) is 28.4. The maximum atomic E-state index is 13.1. The molecule has 1 fully saturated rings. The molecule has 0 bridgehead atoms. The largest absolute Gasteiger partial charge is 0.416 e. The average Bonchev–Trinajstić information content (AvgIpc) is 2.77. The van der Waals surface area contributed by atoms with Crippen molar-refractivity contribution < 1.29 is 48.4 Å². The third-order valence-electron chi connectivity index (χ3n) is 5.86. The monoisotopic (exact) mass is 540 g/mol. The van der Waals surface area contributed by atoms with Crippen LogP contribution in [0.2, 0.25) is 0 Å². The number of alkyl halides is 6. The molecule has 1 aliphatic heterocycles. The van der Waals surface area contributed by atoms with Crippen molar-refractivity contribution in [3.63, 3.8) is 0 Å². The van der Waals surface area contributed by atoms with E-state index in [0.29, 0.717) is 31.6 Å². The van der Waals surface area contributed by atoms with Gasteiger partial charge in [-0.05, 0) is 54.5 Å². The molecule has 0 unspecified atom stereocenters. The summed E-state index contributed by atoms with van der Waals surface area (Å²) in [5.74, 6) is -0.423. The third-order valence-corrected chi connectivity index (χ3v) is 6.46. The molecular formula is C24H26F6O5S. The molecule has 0 aromatic heterocycles. The molecule has 3 rings (SSSR count). The minimum absolute atomic E-state index is 0.0377. The number of halogens is 6. The van der Waals surface area contributed by atoms with Crippen molar-refractivity contribution in [2.24, 2.45) is 5.92 Å². The van der Waals surface area contributed by atoms with Crippen LogP contribution in [-0.4, -0.2) is 40.8 Å². The highest BCUT2D eigenvalue weighted by atomic mass is 32.2. The first-order valence-corrected chi connectivity index (χ1v) is 13.0. The lowest BCUT2D eigenvalue weighted by molar-refractivity contribution is -0.188. The summed E-state index contributed by atoms with van der Waals surface area (Å²) < 4.78 is 118. The second-order valence-corrected chi connectivity index (χ2v) is 10.2. The van der Waals surface area contributed by atoms with E-state index in [2.05, 4.69) is 0 Å². The van der Waals surface area contributed by atoms with Gasteiger partial charge in [0.25, 0.3) is 10.1 Å².